The molecule has 0 bridgehead atoms. The van der Waals surface area contributed by atoms with Crippen LogP contribution in [-0.2, 0) is 0 Å². The molecule has 1 heterocycles. The molecule has 0 saturated carbocycles. The largest absolute Gasteiger partial charge is 0.338 e. The molecule has 0 amide bonds. The Labute approximate surface area is 103 Å². The minimum absolute atomic E-state index is 0.218. The summed E-state index contributed by atoms with van der Waals surface area (Å²) < 4.78 is 39.6. The van der Waals surface area contributed by atoms with Crippen LogP contribution in [0.5, 0.6) is 0 Å². The molecule has 1 aromatic heterocycles. The summed E-state index contributed by atoms with van der Waals surface area (Å²) in [6.07, 6.45) is 1.22. The van der Waals surface area contributed by atoms with Crippen molar-refractivity contribution in [2.45, 2.75) is 0 Å². The molecule has 0 unspecified atom stereocenters. The predicted octanol–water partition coefficient (Wildman–Crippen LogP) is 3.40. The van der Waals surface area contributed by atoms with E-state index in [0.717, 1.165) is 6.07 Å². The number of aromatic nitrogens is 2. The van der Waals surface area contributed by atoms with Crippen molar-refractivity contribution in [1.82, 2.24) is 9.97 Å². The maximum atomic E-state index is 13.3. The number of benzene rings is 1. The zero-order valence-electron chi connectivity index (χ0n) is 8.22. The van der Waals surface area contributed by atoms with Gasteiger partial charge in [-0.05, 0) is 15.9 Å². The van der Waals surface area contributed by atoms with Crippen molar-refractivity contribution in [2.24, 2.45) is 0 Å². The summed E-state index contributed by atoms with van der Waals surface area (Å²) >= 11 is 3.09. The van der Waals surface area contributed by atoms with Crippen molar-refractivity contribution in [3.05, 3.63) is 46.6 Å². The lowest BCUT2D eigenvalue weighted by Gasteiger charge is -2.07. The van der Waals surface area contributed by atoms with E-state index in [-0.39, 0.29) is 11.5 Å². The van der Waals surface area contributed by atoms with E-state index in [0.29, 0.717) is 10.7 Å². The first kappa shape index (κ1) is 11.8. The summed E-state index contributed by atoms with van der Waals surface area (Å²) in [5, 5.41) is 2.46. The molecule has 0 atom stereocenters. The fourth-order valence-corrected chi connectivity index (χ4v) is 1.50. The normalized spacial score (nSPS) is 10.4. The van der Waals surface area contributed by atoms with Gasteiger partial charge in [-0.1, -0.05) is 0 Å². The summed E-state index contributed by atoms with van der Waals surface area (Å²) in [4.78, 5) is 7.53. The first-order valence-electron chi connectivity index (χ1n) is 4.45. The SMILES string of the molecule is Fc1cc(F)c(F)c(Nc2cc(Br)ncn2)c1. The van der Waals surface area contributed by atoms with Gasteiger partial charge in [-0.15, -0.1) is 0 Å². The Hall–Kier alpha value is -1.63. The molecule has 1 aromatic carbocycles. The number of nitrogens with one attached hydrogen (secondary N) is 1. The summed E-state index contributed by atoms with van der Waals surface area (Å²) in [5.41, 5.74) is -0.326. The Morgan fingerprint density at radius 2 is 1.82 bits per heavy atom. The smallest absolute Gasteiger partial charge is 0.182 e. The van der Waals surface area contributed by atoms with Crippen LogP contribution in [-0.4, -0.2) is 9.97 Å². The number of anilines is 2. The van der Waals surface area contributed by atoms with Gasteiger partial charge in [-0.25, -0.2) is 23.1 Å². The van der Waals surface area contributed by atoms with E-state index in [4.69, 9.17) is 0 Å². The lowest BCUT2D eigenvalue weighted by molar-refractivity contribution is 0.498. The second kappa shape index (κ2) is 4.70. The van der Waals surface area contributed by atoms with Crippen LogP contribution in [0.3, 0.4) is 0 Å². The van der Waals surface area contributed by atoms with E-state index in [1.165, 1.54) is 12.4 Å². The Morgan fingerprint density at radius 1 is 1.06 bits per heavy atom. The van der Waals surface area contributed by atoms with Gasteiger partial charge in [-0.3, -0.25) is 0 Å². The average molecular weight is 304 g/mol. The first-order valence-corrected chi connectivity index (χ1v) is 5.24. The van der Waals surface area contributed by atoms with Crippen molar-refractivity contribution in [1.29, 1.82) is 0 Å². The van der Waals surface area contributed by atoms with Crippen LogP contribution in [0.15, 0.2) is 29.1 Å². The third-order valence-electron chi connectivity index (χ3n) is 1.89. The lowest BCUT2D eigenvalue weighted by Crippen LogP contribution is -1.99. The standard InChI is InChI=1S/C10H5BrF3N3/c11-8-3-9(16-4-15-8)17-7-2-5(12)1-6(13)10(7)14/h1-4H,(H,15,16,17). The molecule has 0 spiro atoms. The van der Waals surface area contributed by atoms with Gasteiger partial charge in [0.25, 0.3) is 0 Å². The van der Waals surface area contributed by atoms with Crippen LogP contribution in [0.2, 0.25) is 0 Å². The van der Waals surface area contributed by atoms with E-state index >= 15 is 0 Å². The summed E-state index contributed by atoms with van der Waals surface area (Å²) in [6.45, 7) is 0. The fraction of sp³-hybridized carbons (Fsp3) is 0. The molecule has 0 aliphatic heterocycles. The quantitative estimate of drug-likeness (QED) is 0.682. The van der Waals surface area contributed by atoms with Crippen molar-refractivity contribution < 1.29 is 13.2 Å². The molecule has 2 rings (SSSR count). The van der Waals surface area contributed by atoms with Crippen LogP contribution < -0.4 is 5.32 Å². The molecule has 0 aliphatic rings. The monoisotopic (exact) mass is 303 g/mol. The second-order valence-electron chi connectivity index (χ2n) is 3.10. The topological polar surface area (TPSA) is 37.8 Å². The van der Waals surface area contributed by atoms with E-state index in [9.17, 15) is 13.2 Å². The maximum absolute atomic E-state index is 13.3. The Kier molecular flexibility index (Phi) is 3.28. The van der Waals surface area contributed by atoms with E-state index in [1.807, 2.05) is 0 Å². The third kappa shape index (κ3) is 2.73. The molecule has 2 aromatic rings. The van der Waals surface area contributed by atoms with Crippen LogP contribution in [0.1, 0.15) is 0 Å². The first-order chi connectivity index (χ1) is 8.06. The van der Waals surface area contributed by atoms with Crippen LogP contribution in [0, 0.1) is 17.5 Å². The number of nitrogens with zero attached hydrogens (tertiary/aromatic N) is 2. The van der Waals surface area contributed by atoms with Gasteiger partial charge in [0.1, 0.15) is 22.6 Å². The van der Waals surface area contributed by atoms with Crippen molar-refractivity contribution in [2.75, 3.05) is 5.32 Å². The zero-order chi connectivity index (χ0) is 12.4. The molecular weight excluding hydrogens is 299 g/mol. The van der Waals surface area contributed by atoms with E-state index < -0.39 is 17.5 Å². The molecule has 17 heavy (non-hydrogen) atoms. The van der Waals surface area contributed by atoms with Gasteiger partial charge in [-0.2, -0.15) is 0 Å². The number of halogens is 4. The Bertz CT molecular complexity index is 562. The Morgan fingerprint density at radius 3 is 2.53 bits per heavy atom. The highest BCUT2D eigenvalue weighted by atomic mass is 79.9. The van der Waals surface area contributed by atoms with E-state index in [2.05, 4.69) is 31.2 Å². The third-order valence-corrected chi connectivity index (χ3v) is 2.32. The minimum Gasteiger partial charge on any atom is -0.338 e. The van der Waals surface area contributed by atoms with Crippen molar-refractivity contribution >= 4 is 27.4 Å². The molecule has 0 fully saturated rings. The molecular formula is C10H5BrF3N3. The van der Waals surface area contributed by atoms with Crippen molar-refractivity contribution in [3.8, 4) is 0 Å². The number of rotatable bonds is 2. The molecule has 1 N–H and O–H groups in total. The van der Waals surface area contributed by atoms with Gasteiger partial charge in [0.15, 0.2) is 11.6 Å². The second-order valence-corrected chi connectivity index (χ2v) is 3.91. The summed E-state index contributed by atoms with van der Waals surface area (Å²) in [5.74, 6) is -3.09. The van der Waals surface area contributed by atoms with Crippen LogP contribution in [0.25, 0.3) is 0 Å². The highest BCUT2D eigenvalue weighted by Gasteiger charge is 2.11. The number of hydrogen-bond acceptors (Lipinski definition) is 3. The fourth-order valence-electron chi connectivity index (χ4n) is 1.19. The van der Waals surface area contributed by atoms with Gasteiger partial charge in [0.05, 0.1) is 5.69 Å². The summed E-state index contributed by atoms with van der Waals surface area (Å²) in [6, 6.07) is 2.76. The van der Waals surface area contributed by atoms with E-state index in [1.54, 1.807) is 0 Å². The highest BCUT2D eigenvalue weighted by molar-refractivity contribution is 9.10. The summed E-state index contributed by atoms with van der Waals surface area (Å²) in [7, 11) is 0. The van der Waals surface area contributed by atoms with Crippen molar-refractivity contribution in [3.63, 3.8) is 0 Å². The van der Waals surface area contributed by atoms with Crippen LogP contribution >= 0.6 is 15.9 Å². The maximum Gasteiger partial charge on any atom is 0.182 e. The molecule has 0 aliphatic carbocycles. The predicted molar refractivity (Wildman–Crippen MR) is 59.3 cm³/mol. The Balaban J connectivity index is 2.36. The molecule has 0 saturated heterocycles. The zero-order valence-corrected chi connectivity index (χ0v) is 9.80. The molecule has 3 nitrogen and oxygen atoms in total. The highest BCUT2D eigenvalue weighted by Crippen LogP contribution is 2.23. The minimum atomic E-state index is -1.26. The molecule has 88 valence electrons. The molecule has 7 heteroatoms. The lowest BCUT2D eigenvalue weighted by atomic mass is 10.3. The van der Waals surface area contributed by atoms with Gasteiger partial charge < -0.3 is 5.32 Å². The molecule has 0 radical (unpaired) electrons. The van der Waals surface area contributed by atoms with Gasteiger partial charge >= 0.3 is 0 Å². The van der Waals surface area contributed by atoms with Gasteiger partial charge in [0, 0.05) is 18.2 Å². The average Bonchev–Trinajstić information content (AvgIpc) is 2.25. The van der Waals surface area contributed by atoms with Crippen LogP contribution in [0.4, 0.5) is 24.7 Å². The number of hydrogen-bond donors (Lipinski definition) is 1. The van der Waals surface area contributed by atoms with Gasteiger partial charge in [0.2, 0.25) is 0 Å².